The van der Waals surface area contributed by atoms with Gasteiger partial charge >= 0.3 is 6.03 Å². The average Bonchev–Trinajstić information content (AvgIpc) is 2.56. The molecule has 1 atom stereocenters. The van der Waals surface area contributed by atoms with E-state index in [0.29, 0.717) is 6.04 Å². The number of likely N-dealkylation sites (N-methyl/N-ethyl adjacent to an activating group) is 1. The van der Waals surface area contributed by atoms with Crippen LogP contribution in [0.15, 0.2) is 0 Å². The van der Waals surface area contributed by atoms with Gasteiger partial charge in [-0.05, 0) is 26.8 Å². The third-order valence-electron chi connectivity index (χ3n) is 3.95. The van der Waals surface area contributed by atoms with Crippen LogP contribution < -0.4 is 0 Å². The standard InChI is InChI=1S/C13H25N3O/c1-12-11-14(2)9-10-16(12)13(17)15-7-5-3-4-6-8-15/h12H,3-11H2,1-2H3. The summed E-state index contributed by atoms with van der Waals surface area (Å²) in [4.78, 5) is 18.9. The van der Waals surface area contributed by atoms with E-state index >= 15 is 0 Å². The second kappa shape index (κ2) is 5.71. The highest BCUT2D eigenvalue weighted by atomic mass is 16.2. The molecule has 0 bridgehead atoms. The first kappa shape index (κ1) is 12.7. The maximum absolute atomic E-state index is 12.5. The lowest BCUT2D eigenvalue weighted by Crippen LogP contribution is -2.56. The van der Waals surface area contributed by atoms with E-state index in [0.717, 1.165) is 32.7 Å². The van der Waals surface area contributed by atoms with E-state index < -0.39 is 0 Å². The van der Waals surface area contributed by atoms with Crippen molar-refractivity contribution in [2.75, 3.05) is 39.8 Å². The Morgan fingerprint density at radius 1 is 1.00 bits per heavy atom. The molecule has 0 radical (unpaired) electrons. The number of hydrogen-bond donors (Lipinski definition) is 0. The van der Waals surface area contributed by atoms with Gasteiger partial charge in [0.25, 0.3) is 0 Å². The molecule has 0 aliphatic carbocycles. The number of likely N-dealkylation sites (tertiary alicyclic amines) is 1. The molecule has 0 N–H and O–H groups in total. The van der Waals surface area contributed by atoms with Crippen LogP contribution in [0.1, 0.15) is 32.6 Å². The van der Waals surface area contributed by atoms with Crippen LogP contribution in [0.4, 0.5) is 4.79 Å². The number of nitrogens with zero attached hydrogens (tertiary/aromatic N) is 3. The molecule has 98 valence electrons. The minimum Gasteiger partial charge on any atom is -0.325 e. The molecule has 2 amide bonds. The normalized spacial score (nSPS) is 28.0. The molecule has 17 heavy (non-hydrogen) atoms. The molecule has 2 aliphatic rings. The molecule has 0 spiro atoms. The molecule has 2 rings (SSSR count). The van der Waals surface area contributed by atoms with Crippen LogP contribution in [-0.4, -0.2) is 66.5 Å². The highest BCUT2D eigenvalue weighted by molar-refractivity contribution is 5.75. The largest absolute Gasteiger partial charge is 0.325 e. The SMILES string of the molecule is CC1CN(C)CCN1C(=O)N1CCCCCC1. The van der Waals surface area contributed by atoms with Gasteiger partial charge in [-0.2, -0.15) is 0 Å². The van der Waals surface area contributed by atoms with Crippen molar-refractivity contribution >= 4 is 6.03 Å². The number of carbonyl (C=O) groups excluding carboxylic acids is 1. The lowest BCUT2D eigenvalue weighted by Gasteiger charge is -2.40. The van der Waals surface area contributed by atoms with E-state index in [1.807, 2.05) is 0 Å². The summed E-state index contributed by atoms with van der Waals surface area (Å²) in [6, 6.07) is 0.622. The van der Waals surface area contributed by atoms with Crippen LogP contribution in [0.5, 0.6) is 0 Å². The van der Waals surface area contributed by atoms with Crippen LogP contribution in [0.2, 0.25) is 0 Å². The van der Waals surface area contributed by atoms with Crippen LogP contribution in [-0.2, 0) is 0 Å². The van der Waals surface area contributed by atoms with Crippen molar-refractivity contribution < 1.29 is 4.79 Å². The van der Waals surface area contributed by atoms with Gasteiger partial charge in [-0.1, -0.05) is 12.8 Å². The zero-order valence-electron chi connectivity index (χ0n) is 11.2. The van der Waals surface area contributed by atoms with Crippen molar-refractivity contribution in [2.45, 2.75) is 38.6 Å². The summed E-state index contributed by atoms with van der Waals surface area (Å²) in [6.07, 6.45) is 4.91. The lowest BCUT2D eigenvalue weighted by atomic mass is 10.2. The fraction of sp³-hybridized carbons (Fsp3) is 0.923. The first-order valence-corrected chi connectivity index (χ1v) is 6.92. The van der Waals surface area contributed by atoms with Gasteiger partial charge in [-0.25, -0.2) is 4.79 Å². The molecule has 0 aromatic heterocycles. The van der Waals surface area contributed by atoms with E-state index in [1.165, 1.54) is 25.7 Å². The number of carbonyl (C=O) groups is 1. The summed E-state index contributed by atoms with van der Waals surface area (Å²) in [5.41, 5.74) is 0. The van der Waals surface area contributed by atoms with Crippen LogP contribution in [0.25, 0.3) is 0 Å². The first-order valence-electron chi connectivity index (χ1n) is 6.92. The van der Waals surface area contributed by atoms with Crippen molar-refractivity contribution in [3.05, 3.63) is 0 Å². The van der Waals surface area contributed by atoms with Crippen LogP contribution in [0.3, 0.4) is 0 Å². The minimum absolute atomic E-state index is 0.271. The van der Waals surface area contributed by atoms with Crippen molar-refractivity contribution in [3.8, 4) is 0 Å². The van der Waals surface area contributed by atoms with E-state index in [-0.39, 0.29) is 6.03 Å². The van der Waals surface area contributed by atoms with Crippen LogP contribution in [0, 0.1) is 0 Å². The Bertz CT molecular complexity index is 261. The predicted octanol–water partition coefficient (Wildman–Crippen LogP) is 1.62. The summed E-state index contributed by atoms with van der Waals surface area (Å²) < 4.78 is 0. The second-order valence-corrected chi connectivity index (χ2v) is 5.49. The molecular weight excluding hydrogens is 214 g/mol. The second-order valence-electron chi connectivity index (χ2n) is 5.49. The lowest BCUT2D eigenvalue weighted by molar-refractivity contribution is 0.0924. The van der Waals surface area contributed by atoms with Gasteiger partial charge in [-0.15, -0.1) is 0 Å². The van der Waals surface area contributed by atoms with E-state index in [2.05, 4.69) is 28.7 Å². The first-order chi connectivity index (χ1) is 8.18. The fourth-order valence-corrected chi connectivity index (χ4v) is 2.87. The van der Waals surface area contributed by atoms with Gasteiger partial charge in [0.15, 0.2) is 0 Å². The van der Waals surface area contributed by atoms with Gasteiger partial charge < -0.3 is 14.7 Å². The molecule has 2 fully saturated rings. The van der Waals surface area contributed by atoms with Crippen molar-refractivity contribution in [2.24, 2.45) is 0 Å². The molecule has 0 aromatic carbocycles. The quantitative estimate of drug-likeness (QED) is 0.642. The van der Waals surface area contributed by atoms with E-state index in [1.54, 1.807) is 0 Å². The number of rotatable bonds is 0. The number of urea groups is 1. The third-order valence-corrected chi connectivity index (χ3v) is 3.95. The average molecular weight is 239 g/mol. The molecule has 2 heterocycles. The third kappa shape index (κ3) is 3.12. The Morgan fingerprint density at radius 3 is 2.24 bits per heavy atom. The highest BCUT2D eigenvalue weighted by Gasteiger charge is 2.29. The topological polar surface area (TPSA) is 26.8 Å². The highest BCUT2D eigenvalue weighted by Crippen LogP contribution is 2.15. The minimum atomic E-state index is 0.271. The fourth-order valence-electron chi connectivity index (χ4n) is 2.87. The Kier molecular flexibility index (Phi) is 4.26. The molecule has 0 saturated carbocycles. The van der Waals surface area contributed by atoms with Crippen molar-refractivity contribution in [3.63, 3.8) is 0 Å². The van der Waals surface area contributed by atoms with Gasteiger partial charge in [0.2, 0.25) is 0 Å². The Labute approximate surface area is 105 Å². The summed E-state index contributed by atoms with van der Waals surface area (Å²) in [6.45, 7) is 6.96. The van der Waals surface area contributed by atoms with Crippen molar-refractivity contribution in [1.82, 2.24) is 14.7 Å². The van der Waals surface area contributed by atoms with Crippen molar-refractivity contribution in [1.29, 1.82) is 0 Å². The van der Waals surface area contributed by atoms with E-state index in [9.17, 15) is 4.79 Å². The zero-order chi connectivity index (χ0) is 12.3. The Hall–Kier alpha value is -0.770. The van der Waals surface area contributed by atoms with Gasteiger partial charge in [0.05, 0.1) is 0 Å². The summed E-state index contributed by atoms with van der Waals surface area (Å²) in [5.74, 6) is 0. The van der Waals surface area contributed by atoms with E-state index in [4.69, 9.17) is 0 Å². The number of hydrogen-bond acceptors (Lipinski definition) is 2. The number of piperazine rings is 1. The van der Waals surface area contributed by atoms with Crippen LogP contribution >= 0.6 is 0 Å². The molecule has 4 nitrogen and oxygen atoms in total. The molecular formula is C13H25N3O. The molecule has 2 saturated heterocycles. The smallest absolute Gasteiger partial charge is 0.320 e. The maximum Gasteiger partial charge on any atom is 0.320 e. The molecule has 4 heteroatoms. The van der Waals surface area contributed by atoms with Gasteiger partial charge in [0.1, 0.15) is 0 Å². The maximum atomic E-state index is 12.5. The molecule has 0 aromatic rings. The monoisotopic (exact) mass is 239 g/mol. The molecule has 2 aliphatic heterocycles. The Morgan fingerprint density at radius 2 is 1.65 bits per heavy atom. The summed E-state index contributed by atoms with van der Waals surface area (Å²) in [5, 5.41) is 0. The molecule has 1 unspecified atom stereocenters. The Balaban J connectivity index is 1.93. The summed E-state index contributed by atoms with van der Waals surface area (Å²) in [7, 11) is 2.13. The zero-order valence-corrected chi connectivity index (χ0v) is 11.2. The summed E-state index contributed by atoms with van der Waals surface area (Å²) >= 11 is 0. The van der Waals surface area contributed by atoms with Gasteiger partial charge in [-0.3, -0.25) is 0 Å². The number of amides is 2. The predicted molar refractivity (Wildman–Crippen MR) is 69.1 cm³/mol. The van der Waals surface area contributed by atoms with Gasteiger partial charge in [0, 0.05) is 38.8 Å².